The Hall–Kier alpha value is -3.54. The van der Waals surface area contributed by atoms with E-state index in [4.69, 9.17) is 4.74 Å². The van der Waals surface area contributed by atoms with E-state index in [2.05, 4.69) is 0 Å². The maximum absolute atomic E-state index is 12.8. The fraction of sp³-hybridized carbons (Fsp3) is 0.182. The molecule has 1 atom stereocenters. The van der Waals surface area contributed by atoms with Gasteiger partial charge in [-0.25, -0.2) is 4.79 Å². The van der Waals surface area contributed by atoms with Gasteiger partial charge < -0.3 is 9.84 Å². The Kier molecular flexibility index (Phi) is 5.49. The third-order valence-electron chi connectivity index (χ3n) is 4.58. The van der Waals surface area contributed by atoms with Crippen LogP contribution < -0.4 is 0 Å². The van der Waals surface area contributed by atoms with E-state index in [1.165, 1.54) is 12.1 Å². The normalized spacial score (nSPS) is 14.5. The number of ketones is 3. The molecule has 2 aromatic carbocycles. The highest BCUT2D eigenvalue weighted by Gasteiger charge is 2.38. The third kappa shape index (κ3) is 3.49. The molecular weight excluding hydrogens is 360 g/mol. The van der Waals surface area contributed by atoms with E-state index in [-0.39, 0.29) is 29.1 Å². The zero-order chi connectivity index (χ0) is 20.3. The molecule has 1 aliphatic carbocycles. The SMILES string of the molecule is CCOC(=O)C(=O)C[C@@H](C1=C(O)c2ccccc2C(=O)C1=O)c1ccccc1. The van der Waals surface area contributed by atoms with Crippen molar-refractivity contribution < 1.29 is 29.0 Å². The first-order valence-corrected chi connectivity index (χ1v) is 8.82. The van der Waals surface area contributed by atoms with Gasteiger partial charge in [-0.15, -0.1) is 0 Å². The van der Waals surface area contributed by atoms with Crippen molar-refractivity contribution in [3.05, 3.63) is 76.9 Å². The quantitative estimate of drug-likeness (QED) is 0.613. The fourth-order valence-corrected chi connectivity index (χ4v) is 3.26. The fourth-order valence-electron chi connectivity index (χ4n) is 3.26. The van der Waals surface area contributed by atoms with Crippen molar-refractivity contribution in [2.24, 2.45) is 0 Å². The molecule has 0 aromatic heterocycles. The van der Waals surface area contributed by atoms with Crippen LogP contribution in [0.4, 0.5) is 0 Å². The second-order valence-corrected chi connectivity index (χ2v) is 6.28. The molecule has 142 valence electrons. The Balaban J connectivity index is 2.12. The lowest BCUT2D eigenvalue weighted by molar-refractivity contribution is -0.153. The predicted octanol–water partition coefficient (Wildman–Crippen LogP) is 3.03. The molecule has 0 amide bonds. The molecule has 0 saturated heterocycles. The zero-order valence-corrected chi connectivity index (χ0v) is 15.2. The van der Waals surface area contributed by atoms with Gasteiger partial charge in [-0.3, -0.25) is 14.4 Å². The molecule has 0 heterocycles. The maximum atomic E-state index is 12.8. The van der Waals surface area contributed by atoms with Crippen molar-refractivity contribution in [3.63, 3.8) is 0 Å². The summed E-state index contributed by atoms with van der Waals surface area (Å²) in [5.74, 6) is -4.81. The van der Waals surface area contributed by atoms with E-state index in [1.807, 2.05) is 0 Å². The summed E-state index contributed by atoms with van der Waals surface area (Å²) in [7, 11) is 0. The second-order valence-electron chi connectivity index (χ2n) is 6.28. The minimum absolute atomic E-state index is 0.0410. The average molecular weight is 378 g/mol. The first-order valence-electron chi connectivity index (χ1n) is 8.82. The summed E-state index contributed by atoms with van der Waals surface area (Å²) >= 11 is 0. The van der Waals surface area contributed by atoms with Crippen molar-refractivity contribution in [2.75, 3.05) is 6.61 Å². The number of carbonyl (C=O) groups excluding carboxylic acids is 4. The van der Waals surface area contributed by atoms with Crippen molar-refractivity contribution >= 4 is 29.1 Å². The molecule has 0 unspecified atom stereocenters. The summed E-state index contributed by atoms with van der Waals surface area (Å²) in [6, 6.07) is 14.7. The lowest BCUT2D eigenvalue weighted by Crippen LogP contribution is -2.29. The van der Waals surface area contributed by atoms with Gasteiger partial charge in [0, 0.05) is 23.5 Å². The van der Waals surface area contributed by atoms with Gasteiger partial charge >= 0.3 is 5.97 Å². The van der Waals surface area contributed by atoms with Crippen molar-refractivity contribution in [1.29, 1.82) is 0 Å². The summed E-state index contributed by atoms with van der Waals surface area (Å²) in [6.07, 6.45) is -0.399. The monoisotopic (exact) mass is 378 g/mol. The highest BCUT2D eigenvalue weighted by atomic mass is 16.5. The van der Waals surface area contributed by atoms with E-state index in [0.29, 0.717) is 5.56 Å². The lowest BCUT2D eigenvalue weighted by atomic mass is 9.77. The highest BCUT2D eigenvalue weighted by Crippen LogP contribution is 2.38. The van der Waals surface area contributed by atoms with Gasteiger partial charge in [0.2, 0.25) is 17.3 Å². The summed E-state index contributed by atoms with van der Waals surface area (Å²) in [4.78, 5) is 49.5. The van der Waals surface area contributed by atoms with Crippen molar-refractivity contribution in [3.8, 4) is 0 Å². The molecule has 0 aliphatic heterocycles. The number of aliphatic hydroxyl groups excluding tert-OH is 1. The number of Topliss-reactive ketones (excluding diaryl/α,β-unsaturated/α-hetero) is 3. The van der Waals surface area contributed by atoms with Gasteiger partial charge in [-0.05, 0) is 12.5 Å². The van der Waals surface area contributed by atoms with E-state index >= 15 is 0 Å². The largest absolute Gasteiger partial charge is 0.507 e. The standard InChI is InChI=1S/C22H18O6/c1-2-28-22(27)17(23)12-16(13-8-4-3-5-9-13)18-19(24)14-10-6-7-11-15(14)20(25)21(18)26/h3-11,16,24H,2,12H2,1H3/t16-/m1/s1. The van der Waals surface area contributed by atoms with Crippen molar-refractivity contribution in [1.82, 2.24) is 0 Å². The lowest BCUT2D eigenvalue weighted by Gasteiger charge is -2.24. The van der Waals surface area contributed by atoms with Crippen LogP contribution in [0.1, 0.15) is 40.7 Å². The molecule has 28 heavy (non-hydrogen) atoms. The van der Waals surface area contributed by atoms with Crippen LogP contribution in [0.15, 0.2) is 60.2 Å². The molecule has 0 radical (unpaired) electrons. The molecule has 1 N–H and O–H groups in total. The van der Waals surface area contributed by atoms with Crippen LogP contribution in [-0.4, -0.2) is 35.0 Å². The number of aliphatic hydroxyl groups is 1. The number of carbonyl (C=O) groups is 4. The van der Waals surface area contributed by atoms with E-state index in [1.54, 1.807) is 49.4 Å². The first-order chi connectivity index (χ1) is 13.5. The minimum Gasteiger partial charge on any atom is -0.507 e. The predicted molar refractivity (Wildman–Crippen MR) is 101 cm³/mol. The Bertz CT molecular complexity index is 987. The minimum atomic E-state index is -1.02. The van der Waals surface area contributed by atoms with E-state index in [0.717, 1.165) is 0 Å². The number of rotatable bonds is 6. The molecule has 0 bridgehead atoms. The average Bonchev–Trinajstić information content (AvgIpc) is 2.72. The number of ether oxygens (including phenoxy) is 1. The first kappa shape index (κ1) is 19.2. The van der Waals surface area contributed by atoms with E-state index < -0.39 is 35.7 Å². The summed E-state index contributed by atoms with van der Waals surface area (Å²) < 4.78 is 4.74. The summed E-state index contributed by atoms with van der Waals surface area (Å²) in [5.41, 5.74) is 0.679. The Morgan fingerprint density at radius 1 is 0.929 bits per heavy atom. The number of allylic oxidation sites excluding steroid dienone is 1. The van der Waals surface area contributed by atoms with Crippen LogP contribution >= 0.6 is 0 Å². The van der Waals surface area contributed by atoms with Gasteiger partial charge in [0.1, 0.15) is 5.76 Å². The highest BCUT2D eigenvalue weighted by molar-refractivity contribution is 6.52. The van der Waals surface area contributed by atoms with Crippen LogP contribution in [0, 0.1) is 0 Å². The van der Waals surface area contributed by atoms with Crippen LogP contribution in [0.5, 0.6) is 0 Å². The van der Waals surface area contributed by atoms with Gasteiger partial charge in [-0.2, -0.15) is 0 Å². The zero-order valence-electron chi connectivity index (χ0n) is 15.2. The number of esters is 1. The van der Waals surface area contributed by atoms with Crippen LogP contribution in [0.3, 0.4) is 0 Å². The number of hydrogen-bond donors (Lipinski definition) is 1. The molecule has 3 rings (SSSR count). The van der Waals surface area contributed by atoms with Crippen LogP contribution in [-0.2, 0) is 19.1 Å². The summed E-state index contributed by atoms with van der Waals surface area (Å²) in [5, 5.41) is 10.8. The number of fused-ring (bicyclic) bond motifs is 1. The smallest absolute Gasteiger partial charge is 0.374 e. The van der Waals surface area contributed by atoms with Crippen molar-refractivity contribution in [2.45, 2.75) is 19.3 Å². The maximum Gasteiger partial charge on any atom is 0.374 e. The summed E-state index contributed by atoms with van der Waals surface area (Å²) in [6.45, 7) is 1.62. The molecule has 0 saturated carbocycles. The Labute approximate surface area is 161 Å². The molecular formula is C22H18O6. The van der Waals surface area contributed by atoms with Gasteiger partial charge in [0.25, 0.3) is 0 Å². The molecule has 2 aromatic rings. The molecule has 6 heteroatoms. The Morgan fingerprint density at radius 3 is 2.18 bits per heavy atom. The number of hydrogen-bond acceptors (Lipinski definition) is 6. The van der Waals surface area contributed by atoms with Gasteiger partial charge in [0.05, 0.1) is 12.2 Å². The van der Waals surface area contributed by atoms with E-state index in [9.17, 15) is 24.3 Å². The number of benzene rings is 2. The Morgan fingerprint density at radius 2 is 1.54 bits per heavy atom. The molecule has 1 aliphatic rings. The molecule has 0 spiro atoms. The van der Waals surface area contributed by atoms with Gasteiger partial charge in [-0.1, -0.05) is 54.6 Å². The molecule has 0 fully saturated rings. The van der Waals surface area contributed by atoms with Gasteiger partial charge in [0.15, 0.2) is 0 Å². The second kappa shape index (κ2) is 8.00. The van der Waals surface area contributed by atoms with Crippen LogP contribution in [0.25, 0.3) is 5.76 Å². The third-order valence-corrected chi connectivity index (χ3v) is 4.58. The van der Waals surface area contributed by atoms with Crippen LogP contribution in [0.2, 0.25) is 0 Å². The molecule has 6 nitrogen and oxygen atoms in total. The topological polar surface area (TPSA) is 97.7 Å².